The zero-order valence-corrected chi connectivity index (χ0v) is 7.43. The first-order chi connectivity index (χ1) is 5.72. The molecule has 1 aromatic rings. The zero-order chi connectivity index (χ0) is 8.97. The van der Waals surface area contributed by atoms with Crippen LogP contribution in [-0.4, -0.2) is 11.1 Å². The van der Waals surface area contributed by atoms with Gasteiger partial charge in [0.1, 0.15) is 0 Å². The lowest BCUT2D eigenvalue weighted by atomic mass is 10.3. The van der Waals surface area contributed by atoms with Gasteiger partial charge in [0.2, 0.25) is 0 Å². The third-order valence-corrected chi connectivity index (χ3v) is 2.61. The molecule has 3 heteroatoms. The van der Waals surface area contributed by atoms with E-state index in [0.29, 0.717) is 6.42 Å². The van der Waals surface area contributed by atoms with Crippen LogP contribution in [0.25, 0.3) is 6.08 Å². The topological polar surface area (TPSA) is 37.3 Å². The van der Waals surface area contributed by atoms with Crippen LogP contribution in [0.15, 0.2) is 18.7 Å². The Kier molecular flexibility index (Phi) is 3.05. The summed E-state index contributed by atoms with van der Waals surface area (Å²) in [6, 6.07) is 3.90. The van der Waals surface area contributed by atoms with Crippen molar-refractivity contribution in [2.24, 2.45) is 0 Å². The van der Waals surface area contributed by atoms with Gasteiger partial charge in [-0.15, -0.1) is 11.3 Å². The summed E-state index contributed by atoms with van der Waals surface area (Å²) < 4.78 is 0. The molecular weight excluding hydrogens is 172 g/mol. The Morgan fingerprint density at radius 2 is 2.42 bits per heavy atom. The van der Waals surface area contributed by atoms with E-state index in [-0.39, 0.29) is 6.42 Å². The van der Waals surface area contributed by atoms with E-state index in [9.17, 15) is 4.79 Å². The van der Waals surface area contributed by atoms with Gasteiger partial charge < -0.3 is 5.11 Å². The molecule has 1 heterocycles. The third-order valence-electron chi connectivity index (χ3n) is 1.47. The number of carbonyl (C=O) groups is 1. The molecule has 0 unspecified atom stereocenters. The second kappa shape index (κ2) is 4.07. The van der Waals surface area contributed by atoms with Crippen molar-refractivity contribution in [2.45, 2.75) is 12.8 Å². The van der Waals surface area contributed by atoms with E-state index >= 15 is 0 Å². The summed E-state index contributed by atoms with van der Waals surface area (Å²) in [5, 5.41) is 8.42. The highest BCUT2D eigenvalue weighted by molar-refractivity contribution is 7.12. The number of carboxylic acids is 1. The maximum Gasteiger partial charge on any atom is 0.303 e. The molecule has 0 atom stereocenters. The fourth-order valence-electron chi connectivity index (χ4n) is 0.869. The van der Waals surface area contributed by atoms with Gasteiger partial charge in [-0.3, -0.25) is 4.79 Å². The van der Waals surface area contributed by atoms with Gasteiger partial charge in [-0.25, -0.2) is 0 Å². The summed E-state index contributed by atoms with van der Waals surface area (Å²) in [5.41, 5.74) is 0. The normalized spacial score (nSPS) is 9.67. The van der Waals surface area contributed by atoms with Gasteiger partial charge in [-0.1, -0.05) is 12.7 Å². The fourth-order valence-corrected chi connectivity index (χ4v) is 1.73. The van der Waals surface area contributed by atoms with Crippen molar-refractivity contribution >= 4 is 23.4 Å². The van der Waals surface area contributed by atoms with E-state index in [4.69, 9.17) is 5.11 Å². The first-order valence-corrected chi connectivity index (χ1v) is 4.47. The monoisotopic (exact) mass is 182 g/mol. The van der Waals surface area contributed by atoms with Crippen LogP contribution in [0, 0.1) is 0 Å². The van der Waals surface area contributed by atoms with Crippen LogP contribution in [0.4, 0.5) is 0 Å². The lowest BCUT2D eigenvalue weighted by Crippen LogP contribution is -1.95. The molecule has 0 radical (unpaired) electrons. The third kappa shape index (κ3) is 2.51. The summed E-state index contributed by atoms with van der Waals surface area (Å²) >= 11 is 1.59. The van der Waals surface area contributed by atoms with Crippen LogP contribution >= 0.6 is 11.3 Å². The van der Waals surface area contributed by atoms with Gasteiger partial charge in [0.05, 0.1) is 6.42 Å². The van der Waals surface area contributed by atoms with Crippen molar-refractivity contribution in [1.82, 2.24) is 0 Å². The largest absolute Gasteiger partial charge is 0.481 e. The summed E-state index contributed by atoms with van der Waals surface area (Å²) in [5.74, 6) is -0.747. The number of thiophene rings is 1. The predicted octanol–water partition coefficient (Wildman–Crippen LogP) is 2.41. The molecule has 1 aromatic heterocycles. The van der Waals surface area contributed by atoms with E-state index in [2.05, 4.69) is 6.58 Å². The zero-order valence-electron chi connectivity index (χ0n) is 6.62. The molecule has 12 heavy (non-hydrogen) atoms. The molecule has 0 saturated carbocycles. The standard InChI is InChI=1S/C9H10O2S/c1-2-7-3-4-8(12-7)5-6-9(10)11/h2-4H,1,5-6H2,(H,10,11). The number of rotatable bonds is 4. The number of aliphatic carboxylic acids is 1. The van der Waals surface area contributed by atoms with Crippen molar-refractivity contribution in [3.8, 4) is 0 Å². The lowest BCUT2D eigenvalue weighted by molar-refractivity contribution is -0.136. The molecule has 0 fully saturated rings. The van der Waals surface area contributed by atoms with Gasteiger partial charge in [-0.05, 0) is 18.6 Å². The SMILES string of the molecule is C=Cc1ccc(CCC(=O)O)s1. The summed E-state index contributed by atoms with van der Waals surface area (Å²) in [6.07, 6.45) is 2.60. The molecule has 1 rings (SSSR count). The van der Waals surface area contributed by atoms with Crippen molar-refractivity contribution < 1.29 is 9.90 Å². The van der Waals surface area contributed by atoms with Crippen molar-refractivity contribution in [3.63, 3.8) is 0 Å². The first kappa shape index (κ1) is 9.00. The molecule has 0 aliphatic heterocycles. The molecule has 64 valence electrons. The molecule has 2 nitrogen and oxygen atoms in total. The Morgan fingerprint density at radius 1 is 1.67 bits per heavy atom. The van der Waals surface area contributed by atoms with E-state index in [1.54, 1.807) is 17.4 Å². The minimum absolute atomic E-state index is 0.205. The quantitative estimate of drug-likeness (QED) is 0.776. The minimum atomic E-state index is -0.747. The Balaban J connectivity index is 2.52. The maximum absolute atomic E-state index is 10.2. The Morgan fingerprint density at radius 3 is 2.92 bits per heavy atom. The summed E-state index contributed by atoms with van der Waals surface area (Å²) in [6.45, 7) is 3.63. The highest BCUT2D eigenvalue weighted by atomic mass is 32.1. The van der Waals surface area contributed by atoms with Crippen molar-refractivity contribution in [1.29, 1.82) is 0 Å². The van der Waals surface area contributed by atoms with Gasteiger partial charge >= 0.3 is 5.97 Å². The number of carboxylic acid groups (broad SMARTS) is 1. The Labute approximate surface area is 75.2 Å². The second-order valence-corrected chi connectivity index (χ2v) is 3.60. The average molecular weight is 182 g/mol. The summed E-state index contributed by atoms with van der Waals surface area (Å²) in [7, 11) is 0. The van der Waals surface area contributed by atoms with Gasteiger partial charge in [0, 0.05) is 9.75 Å². The fraction of sp³-hybridized carbons (Fsp3) is 0.222. The molecule has 0 spiro atoms. The molecule has 0 aliphatic rings. The second-order valence-electron chi connectivity index (χ2n) is 2.40. The van der Waals surface area contributed by atoms with Crippen LogP contribution in [0.2, 0.25) is 0 Å². The molecule has 0 aromatic carbocycles. The predicted molar refractivity (Wildman–Crippen MR) is 50.4 cm³/mol. The maximum atomic E-state index is 10.2. The van der Waals surface area contributed by atoms with Crippen molar-refractivity contribution in [3.05, 3.63) is 28.5 Å². The van der Waals surface area contributed by atoms with E-state index in [0.717, 1.165) is 9.75 Å². The van der Waals surface area contributed by atoms with Crippen LogP contribution in [-0.2, 0) is 11.2 Å². The number of hydrogen-bond acceptors (Lipinski definition) is 2. The molecule has 0 aliphatic carbocycles. The van der Waals surface area contributed by atoms with Crippen LogP contribution in [0.1, 0.15) is 16.2 Å². The van der Waals surface area contributed by atoms with E-state index in [1.165, 1.54) is 0 Å². The van der Waals surface area contributed by atoms with Crippen LogP contribution < -0.4 is 0 Å². The van der Waals surface area contributed by atoms with E-state index < -0.39 is 5.97 Å². The highest BCUT2D eigenvalue weighted by Gasteiger charge is 2.00. The molecule has 0 amide bonds. The number of hydrogen-bond donors (Lipinski definition) is 1. The summed E-state index contributed by atoms with van der Waals surface area (Å²) in [4.78, 5) is 12.4. The van der Waals surface area contributed by atoms with E-state index in [1.807, 2.05) is 12.1 Å². The Hall–Kier alpha value is -1.09. The minimum Gasteiger partial charge on any atom is -0.481 e. The Bertz CT molecular complexity index is 288. The smallest absolute Gasteiger partial charge is 0.303 e. The van der Waals surface area contributed by atoms with Gasteiger partial charge in [0.15, 0.2) is 0 Å². The first-order valence-electron chi connectivity index (χ1n) is 3.65. The van der Waals surface area contributed by atoms with Crippen molar-refractivity contribution in [2.75, 3.05) is 0 Å². The van der Waals surface area contributed by atoms with Gasteiger partial charge in [-0.2, -0.15) is 0 Å². The van der Waals surface area contributed by atoms with Gasteiger partial charge in [0.25, 0.3) is 0 Å². The molecule has 1 N–H and O–H groups in total. The lowest BCUT2D eigenvalue weighted by Gasteiger charge is -1.90. The van der Waals surface area contributed by atoms with Crippen LogP contribution in [0.3, 0.4) is 0 Å². The number of aryl methyl sites for hydroxylation is 1. The molecule has 0 saturated heterocycles. The molecular formula is C9H10O2S. The highest BCUT2D eigenvalue weighted by Crippen LogP contribution is 2.18. The van der Waals surface area contributed by atoms with Crippen LogP contribution in [0.5, 0.6) is 0 Å². The average Bonchev–Trinajstić information content (AvgIpc) is 2.48. The molecule has 0 bridgehead atoms.